The highest BCUT2D eigenvalue weighted by Gasteiger charge is 2.21. The minimum Gasteiger partial charge on any atom is -0.303 e. The zero-order chi connectivity index (χ0) is 12.1. The number of hydrogen-bond acceptors (Lipinski definition) is 2. The van der Waals surface area contributed by atoms with Crippen LogP contribution in [0.25, 0.3) is 16.9 Å². The summed E-state index contributed by atoms with van der Waals surface area (Å²) in [6, 6.07) is 12.8. The summed E-state index contributed by atoms with van der Waals surface area (Å²) >= 11 is 1.89. The highest BCUT2D eigenvalue weighted by atomic mass is 32.2. The molecule has 0 atom stereocenters. The van der Waals surface area contributed by atoms with Gasteiger partial charge in [0.2, 0.25) is 0 Å². The maximum Gasteiger partial charge on any atom is 0.137 e. The molecule has 0 bridgehead atoms. The minimum absolute atomic E-state index is 0.997. The number of aromatic nitrogens is 2. The molecule has 0 fully saturated rings. The Bertz CT molecular complexity index is 758. The number of hydrogen-bond donors (Lipinski definition) is 0. The Hall–Kier alpha value is -1.74. The Balaban J connectivity index is 2.08. The molecule has 0 N–H and O–H groups in total. The summed E-state index contributed by atoms with van der Waals surface area (Å²) in [7, 11) is 0. The van der Waals surface area contributed by atoms with E-state index in [1.165, 1.54) is 21.7 Å². The summed E-state index contributed by atoms with van der Waals surface area (Å²) in [6.45, 7) is 2.11. The first kappa shape index (κ1) is 10.2. The second-order valence-corrected chi connectivity index (χ2v) is 5.64. The van der Waals surface area contributed by atoms with Crippen LogP contribution in [0, 0.1) is 6.92 Å². The molecule has 2 nitrogen and oxygen atoms in total. The van der Waals surface area contributed by atoms with Crippen molar-refractivity contribution in [1.82, 2.24) is 9.38 Å². The van der Waals surface area contributed by atoms with Crippen LogP contribution in [-0.2, 0) is 5.75 Å². The fraction of sp³-hybridized carbons (Fsp3) is 0.133. The van der Waals surface area contributed by atoms with Crippen LogP contribution >= 0.6 is 11.8 Å². The van der Waals surface area contributed by atoms with Crippen molar-refractivity contribution in [2.75, 3.05) is 0 Å². The van der Waals surface area contributed by atoms with Gasteiger partial charge in [-0.25, -0.2) is 4.98 Å². The first-order valence-corrected chi connectivity index (χ1v) is 7.01. The lowest BCUT2D eigenvalue weighted by molar-refractivity contribution is 1.08. The second kappa shape index (κ2) is 3.62. The van der Waals surface area contributed by atoms with Gasteiger partial charge in [0.25, 0.3) is 0 Å². The summed E-state index contributed by atoms with van der Waals surface area (Å²) < 4.78 is 2.21. The molecule has 0 saturated heterocycles. The average molecular weight is 252 g/mol. The number of thioether (sulfide) groups is 1. The largest absolute Gasteiger partial charge is 0.303 e. The van der Waals surface area contributed by atoms with Crippen LogP contribution in [0.3, 0.4) is 0 Å². The fourth-order valence-corrected chi connectivity index (χ4v) is 3.55. The van der Waals surface area contributed by atoms with E-state index in [0.717, 1.165) is 17.1 Å². The van der Waals surface area contributed by atoms with E-state index in [4.69, 9.17) is 4.98 Å². The molecule has 1 aliphatic rings. The molecule has 18 heavy (non-hydrogen) atoms. The lowest BCUT2D eigenvalue weighted by Crippen LogP contribution is -1.97. The molecular formula is C15H12N2S. The molecule has 3 heterocycles. The van der Waals surface area contributed by atoms with Gasteiger partial charge in [-0.05, 0) is 30.7 Å². The van der Waals surface area contributed by atoms with Gasteiger partial charge in [0.15, 0.2) is 0 Å². The fourth-order valence-electron chi connectivity index (χ4n) is 2.49. The number of benzene rings is 1. The average Bonchev–Trinajstić information content (AvgIpc) is 2.76. The summed E-state index contributed by atoms with van der Waals surface area (Å²) in [5.41, 5.74) is 6.04. The molecule has 0 aliphatic carbocycles. The number of aryl methyl sites for hydroxylation is 1. The van der Waals surface area contributed by atoms with Crippen molar-refractivity contribution in [3.63, 3.8) is 0 Å². The predicted molar refractivity (Wildman–Crippen MR) is 74.9 cm³/mol. The Labute approximate surface area is 110 Å². The molecule has 4 rings (SSSR count). The van der Waals surface area contributed by atoms with Gasteiger partial charge in [-0.1, -0.05) is 18.2 Å². The number of nitrogens with zero attached hydrogens (tertiary/aromatic N) is 2. The topological polar surface area (TPSA) is 17.3 Å². The van der Waals surface area contributed by atoms with Gasteiger partial charge in [0.1, 0.15) is 5.65 Å². The molecule has 88 valence electrons. The van der Waals surface area contributed by atoms with Crippen molar-refractivity contribution in [2.24, 2.45) is 0 Å². The van der Waals surface area contributed by atoms with E-state index in [9.17, 15) is 0 Å². The highest BCUT2D eigenvalue weighted by Crippen LogP contribution is 2.40. The summed E-state index contributed by atoms with van der Waals surface area (Å²) in [6.07, 6.45) is 2.13. The van der Waals surface area contributed by atoms with Gasteiger partial charge in [-0.2, -0.15) is 0 Å². The van der Waals surface area contributed by atoms with Gasteiger partial charge >= 0.3 is 0 Å². The Morgan fingerprint density at radius 3 is 3.06 bits per heavy atom. The van der Waals surface area contributed by atoms with E-state index in [-0.39, 0.29) is 0 Å². The zero-order valence-corrected chi connectivity index (χ0v) is 10.9. The van der Waals surface area contributed by atoms with Crippen molar-refractivity contribution in [2.45, 2.75) is 17.6 Å². The SMILES string of the molecule is Cc1ccn2c3c(nc2c1)-c1ccccc1SC3. The van der Waals surface area contributed by atoms with E-state index in [0.29, 0.717) is 0 Å². The maximum atomic E-state index is 4.81. The van der Waals surface area contributed by atoms with Crippen LogP contribution in [-0.4, -0.2) is 9.38 Å². The van der Waals surface area contributed by atoms with Gasteiger partial charge in [0.05, 0.1) is 11.4 Å². The van der Waals surface area contributed by atoms with E-state index >= 15 is 0 Å². The lowest BCUT2D eigenvalue weighted by atomic mass is 10.1. The lowest BCUT2D eigenvalue weighted by Gasteiger charge is -2.14. The normalized spacial score (nSPS) is 13.4. The third-order valence-corrected chi connectivity index (χ3v) is 4.47. The van der Waals surface area contributed by atoms with Gasteiger partial charge in [-0.15, -0.1) is 11.8 Å². The number of pyridine rings is 1. The van der Waals surface area contributed by atoms with E-state index in [2.05, 4.69) is 53.9 Å². The van der Waals surface area contributed by atoms with Crippen LogP contribution in [0.2, 0.25) is 0 Å². The Kier molecular flexibility index (Phi) is 2.06. The molecule has 1 aliphatic heterocycles. The molecule has 1 aromatic carbocycles. The van der Waals surface area contributed by atoms with E-state index in [1.807, 2.05) is 11.8 Å². The Morgan fingerprint density at radius 1 is 1.22 bits per heavy atom. The van der Waals surface area contributed by atoms with Crippen LogP contribution in [0.15, 0.2) is 47.5 Å². The molecule has 3 heteroatoms. The number of imidazole rings is 1. The number of rotatable bonds is 0. The quantitative estimate of drug-likeness (QED) is 0.603. The summed E-state index contributed by atoms with van der Waals surface area (Å²) in [5.74, 6) is 0.997. The molecule has 0 saturated carbocycles. The standard InChI is InChI=1S/C15H12N2S/c1-10-6-7-17-12-9-18-13-5-3-2-4-11(13)15(12)16-14(17)8-10/h2-8H,9H2,1H3. The van der Waals surface area contributed by atoms with Crippen molar-refractivity contribution in [3.8, 4) is 11.3 Å². The van der Waals surface area contributed by atoms with Crippen LogP contribution in [0.5, 0.6) is 0 Å². The van der Waals surface area contributed by atoms with Gasteiger partial charge in [0, 0.05) is 22.4 Å². The first-order valence-electron chi connectivity index (χ1n) is 6.03. The maximum absolute atomic E-state index is 4.81. The molecule has 2 aromatic heterocycles. The van der Waals surface area contributed by atoms with Crippen LogP contribution in [0.4, 0.5) is 0 Å². The molecule has 0 unspecified atom stereocenters. The Morgan fingerprint density at radius 2 is 2.11 bits per heavy atom. The molecule has 0 spiro atoms. The van der Waals surface area contributed by atoms with Crippen molar-refractivity contribution >= 4 is 17.4 Å². The van der Waals surface area contributed by atoms with Crippen molar-refractivity contribution in [1.29, 1.82) is 0 Å². The summed E-state index contributed by atoms with van der Waals surface area (Å²) in [5, 5.41) is 0. The predicted octanol–water partition coefficient (Wildman–Crippen LogP) is 3.92. The van der Waals surface area contributed by atoms with Gasteiger partial charge in [-0.3, -0.25) is 0 Å². The monoisotopic (exact) mass is 252 g/mol. The smallest absolute Gasteiger partial charge is 0.137 e. The molecule has 0 amide bonds. The van der Waals surface area contributed by atoms with Crippen LogP contribution in [0.1, 0.15) is 11.3 Å². The van der Waals surface area contributed by atoms with Crippen molar-refractivity contribution < 1.29 is 0 Å². The molecule has 3 aromatic rings. The van der Waals surface area contributed by atoms with E-state index < -0.39 is 0 Å². The molecular weight excluding hydrogens is 240 g/mol. The van der Waals surface area contributed by atoms with E-state index in [1.54, 1.807) is 0 Å². The first-order chi connectivity index (χ1) is 8.83. The minimum atomic E-state index is 0.997. The zero-order valence-electron chi connectivity index (χ0n) is 10.1. The van der Waals surface area contributed by atoms with Gasteiger partial charge < -0.3 is 4.40 Å². The van der Waals surface area contributed by atoms with Crippen LogP contribution < -0.4 is 0 Å². The highest BCUT2D eigenvalue weighted by molar-refractivity contribution is 7.98. The second-order valence-electron chi connectivity index (χ2n) is 4.62. The van der Waals surface area contributed by atoms with Crippen molar-refractivity contribution in [3.05, 3.63) is 53.9 Å². The third-order valence-electron chi connectivity index (χ3n) is 3.39. The summed E-state index contributed by atoms with van der Waals surface area (Å²) in [4.78, 5) is 6.14. The molecule has 0 radical (unpaired) electrons. The number of fused-ring (bicyclic) bond motifs is 5. The third kappa shape index (κ3) is 1.34.